The summed E-state index contributed by atoms with van der Waals surface area (Å²) in [6.45, 7) is 3.94. The molecule has 0 amide bonds. The second-order valence-electron chi connectivity index (χ2n) is 6.52. The number of rotatable bonds is 7. The largest absolute Gasteiger partial charge is 0.468 e. The Kier molecular flexibility index (Phi) is 5.88. The highest BCUT2D eigenvalue weighted by Gasteiger charge is 2.23. The van der Waals surface area contributed by atoms with Gasteiger partial charge >= 0.3 is 0 Å². The van der Waals surface area contributed by atoms with Crippen molar-refractivity contribution in [2.75, 3.05) is 45.3 Å². The summed E-state index contributed by atoms with van der Waals surface area (Å²) in [7, 11) is 3.60. The normalized spacial score (nSPS) is 18.4. The molecule has 0 spiro atoms. The molecular weight excluding hydrogens is 320 g/mol. The second kappa shape index (κ2) is 8.31. The van der Waals surface area contributed by atoms with Crippen LogP contribution in [0.25, 0.3) is 0 Å². The van der Waals surface area contributed by atoms with Crippen LogP contribution in [-0.4, -0.2) is 55.1 Å². The van der Waals surface area contributed by atoms with Crippen LogP contribution in [-0.2, 0) is 11.3 Å². The van der Waals surface area contributed by atoms with Crippen LogP contribution in [0.4, 0.5) is 5.69 Å². The van der Waals surface area contributed by atoms with Gasteiger partial charge in [-0.1, -0.05) is 0 Å². The van der Waals surface area contributed by atoms with Gasteiger partial charge in [0.25, 0.3) is 5.56 Å². The Balaban J connectivity index is 1.67. The van der Waals surface area contributed by atoms with E-state index in [1.165, 1.54) is 0 Å². The van der Waals surface area contributed by atoms with Gasteiger partial charge in [0.15, 0.2) is 0 Å². The maximum atomic E-state index is 12.5. The Morgan fingerprint density at radius 2 is 2.36 bits per heavy atom. The van der Waals surface area contributed by atoms with Gasteiger partial charge in [-0.3, -0.25) is 9.69 Å². The third-order valence-corrected chi connectivity index (χ3v) is 4.67. The van der Waals surface area contributed by atoms with Gasteiger partial charge in [-0.25, -0.2) is 4.68 Å². The lowest BCUT2D eigenvalue weighted by Crippen LogP contribution is -2.40. The van der Waals surface area contributed by atoms with Gasteiger partial charge in [0.1, 0.15) is 5.76 Å². The quantitative estimate of drug-likeness (QED) is 0.761. The van der Waals surface area contributed by atoms with Gasteiger partial charge in [0.2, 0.25) is 0 Å². The highest BCUT2D eigenvalue weighted by atomic mass is 16.5. The molecule has 0 aliphatic carbocycles. The molecule has 2 aromatic rings. The van der Waals surface area contributed by atoms with Crippen LogP contribution < -0.4 is 10.5 Å². The van der Waals surface area contributed by atoms with Crippen molar-refractivity contribution in [3.63, 3.8) is 0 Å². The number of anilines is 1. The van der Waals surface area contributed by atoms with E-state index in [2.05, 4.69) is 10.00 Å². The predicted octanol–water partition coefficient (Wildman–Crippen LogP) is 1.76. The van der Waals surface area contributed by atoms with E-state index < -0.39 is 0 Å². The predicted molar refractivity (Wildman–Crippen MR) is 95.9 cm³/mol. The number of furan rings is 1. The lowest BCUT2D eigenvalue weighted by molar-refractivity contribution is 0.150. The highest BCUT2D eigenvalue weighted by Crippen LogP contribution is 2.21. The molecule has 1 aliphatic rings. The van der Waals surface area contributed by atoms with Gasteiger partial charge in [0.05, 0.1) is 37.3 Å². The smallest absolute Gasteiger partial charge is 0.269 e. The fraction of sp³-hybridized carbons (Fsp3) is 0.556. The van der Waals surface area contributed by atoms with E-state index in [0.29, 0.717) is 6.61 Å². The highest BCUT2D eigenvalue weighted by molar-refractivity contribution is 5.41. The number of ether oxygens (including phenoxy) is 1. The molecule has 3 rings (SSSR count). The fourth-order valence-corrected chi connectivity index (χ4v) is 3.25. The Labute approximate surface area is 147 Å². The van der Waals surface area contributed by atoms with Gasteiger partial charge in [-0.05, 0) is 31.5 Å². The van der Waals surface area contributed by atoms with Gasteiger partial charge in [0, 0.05) is 33.3 Å². The van der Waals surface area contributed by atoms with Crippen molar-refractivity contribution >= 4 is 5.69 Å². The second-order valence-corrected chi connectivity index (χ2v) is 6.52. The van der Waals surface area contributed by atoms with Crippen molar-refractivity contribution in [2.24, 2.45) is 0 Å². The Morgan fingerprint density at radius 3 is 3.08 bits per heavy atom. The summed E-state index contributed by atoms with van der Waals surface area (Å²) in [6.07, 6.45) is 5.49. The molecule has 0 bridgehead atoms. The molecule has 0 saturated carbocycles. The van der Waals surface area contributed by atoms with Crippen molar-refractivity contribution in [1.29, 1.82) is 0 Å². The first-order chi connectivity index (χ1) is 12.2. The van der Waals surface area contributed by atoms with Crippen LogP contribution in [0.15, 0.2) is 39.9 Å². The van der Waals surface area contributed by atoms with Crippen molar-refractivity contribution in [3.8, 4) is 0 Å². The molecule has 25 heavy (non-hydrogen) atoms. The Bertz CT molecular complexity index is 713. The zero-order valence-corrected chi connectivity index (χ0v) is 14.9. The van der Waals surface area contributed by atoms with Crippen molar-refractivity contribution in [2.45, 2.75) is 25.4 Å². The van der Waals surface area contributed by atoms with Crippen molar-refractivity contribution in [1.82, 2.24) is 14.7 Å². The number of aromatic nitrogens is 2. The van der Waals surface area contributed by atoms with E-state index in [1.54, 1.807) is 30.3 Å². The van der Waals surface area contributed by atoms with E-state index in [9.17, 15) is 4.79 Å². The van der Waals surface area contributed by atoms with Crippen LogP contribution in [0.5, 0.6) is 0 Å². The molecule has 0 unspecified atom stereocenters. The molecule has 1 fully saturated rings. The third-order valence-electron chi connectivity index (χ3n) is 4.67. The number of likely N-dealkylation sites (N-methyl/N-ethyl adjacent to an activating group) is 1. The minimum Gasteiger partial charge on any atom is -0.468 e. The SMILES string of the molecule is COCCN(C)c1cnn([C@@H]2CCCN(Cc3ccco3)C2)c(=O)c1. The minimum atomic E-state index is -0.0494. The number of nitrogens with zero attached hydrogens (tertiary/aromatic N) is 4. The molecule has 0 radical (unpaired) electrons. The Hall–Kier alpha value is -2.12. The number of hydrogen-bond acceptors (Lipinski definition) is 6. The van der Waals surface area contributed by atoms with E-state index in [-0.39, 0.29) is 11.6 Å². The first kappa shape index (κ1) is 17.7. The molecule has 0 aromatic carbocycles. The molecule has 3 heterocycles. The van der Waals surface area contributed by atoms with Crippen LogP contribution in [0.3, 0.4) is 0 Å². The maximum absolute atomic E-state index is 12.5. The first-order valence-electron chi connectivity index (χ1n) is 8.71. The van der Waals surface area contributed by atoms with Gasteiger partial charge in [-0.15, -0.1) is 0 Å². The van der Waals surface area contributed by atoms with Crippen LogP contribution in [0.2, 0.25) is 0 Å². The van der Waals surface area contributed by atoms with Crippen LogP contribution in [0.1, 0.15) is 24.6 Å². The van der Waals surface area contributed by atoms with Crippen LogP contribution in [0, 0.1) is 0 Å². The summed E-state index contributed by atoms with van der Waals surface area (Å²) >= 11 is 0. The Morgan fingerprint density at radius 1 is 1.48 bits per heavy atom. The van der Waals surface area contributed by atoms with Crippen molar-refractivity contribution < 1.29 is 9.15 Å². The molecular formula is C18H26N4O3. The van der Waals surface area contributed by atoms with E-state index in [4.69, 9.17) is 9.15 Å². The average molecular weight is 346 g/mol. The molecule has 7 heteroatoms. The minimum absolute atomic E-state index is 0.0494. The molecule has 0 N–H and O–H groups in total. The zero-order valence-electron chi connectivity index (χ0n) is 14.9. The lowest BCUT2D eigenvalue weighted by atomic mass is 10.1. The molecule has 1 atom stereocenters. The number of piperidine rings is 1. The lowest BCUT2D eigenvalue weighted by Gasteiger charge is -2.32. The summed E-state index contributed by atoms with van der Waals surface area (Å²) in [4.78, 5) is 16.8. The third kappa shape index (κ3) is 4.49. The maximum Gasteiger partial charge on any atom is 0.269 e. The van der Waals surface area contributed by atoms with E-state index >= 15 is 0 Å². The summed E-state index contributed by atoms with van der Waals surface area (Å²) in [5.41, 5.74) is 0.771. The first-order valence-corrected chi connectivity index (χ1v) is 8.71. The number of likely N-dealkylation sites (tertiary alicyclic amines) is 1. The zero-order chi connectivity index (χ0) is 17.6. The van der Waals surface area contributed by atoms with E-state index in [1.807, 2.05) is 24.1 Å². The summed E-state index contributed by atoms with van der Waals surface area (Å²) < 4.78 is 12.1. The van der Waals surface area contributed by atoms with E-state index in [0.717, 1.165) is 50.5 Å². The molecule has 7 nitrogen and oxygen atoms in total. The molecule has 1 aliphatic heterocycles. The molecule has 2 aromatic heterocycles. The molecule has 136 valence electrons. The van der Waals surface area contributed by atoms with Crippen LogP contribution >= 0.6 is 0 Å². The summed E-state index contributed by atoms with van der Waals surface area (Å²) in [5, 5.41) is 4.43. The summed E-state index contributed by atoms with van der Waals surface area (Å²) in [6, 6.07) is 5.66. The standard InChI is InChI=1S/C18H26N4O3/c1-20(8-10-24-2)16-11-18(23)22(19-12-16)15-5-3-7-21(13-15)14-17-6-4-9-25-17/h4,6,9,11-12,15H,3,5,7-8,10,13-14H2,1-2H3/t15-/m1/s1. The number of methoxy groups -OCH3 is 1. The molecule has 1 saturated heterocycles. The monoisotopic (exact) mass is 346 g/mol. The fourth-order valence-electron chi connectivity index (χ4n) is 3.25. The summed E-state index contributed by atoms with van der Waals surface area (Å²) in [5.74, 6) is 0.955. The number of hydrogen-bond donors (Lipinski definition) is 0. The van der Waals surface area contributed by atoms with Gasteiger partial charge < -0.3 is 14.1 Å². The topological polar surface area (TPSA) is 63.7 Å². The average Bonchev–Trinajstić information content (AvgIpc) is 3.12. The van der Waals surface area contributed by atoms with Crippen molar-refractivity contribution in [3.05, 3.63) is 46.8 Å². The van der Waals surface area contributed by atoms with Gasteiger partial charge in [-0.2, -0.15) is 5.10 Å².